The number of rotatable bonds is 0. The first-order valence-electron chi connectivity index (χ1n) is 4.03. The number of nitrogens with zero attached hydrogens (tertiary/aromatic N) is 1. The molecular weight excluding hydrogens is 162 g/mol. The molecule has 0 bridgehead atoms. The Kier molecular flexibility index (Phi) is 1.99. The number of benzene rings is 1. The van der Waals surface area contributed by atoms with Gasteiger partial charge in [-0.1, -0.05) is 24.0 Å². The maximum Gasteiger partial charge on any atom is 0.0806 e. The predicted octanol–water partition coefficient (Wildman–Crippen LogP) is 0.873. The van der Waals surface area contributed by atoms with Crippen molar-refractivity contribution in [3.05, 3.63) is 30.0 Å². The standard InChI is InChI=1S/C10H9N3/c11-6-2-5-8-3-1-4-9-7-12-13-10(8)9/h1,3-4,7H,6,11H2,(H,12,13). The van der Waals surface area contributed by atoms with Crippen molar-refractivity contribution in [3.8, 4) is 11.8 Å². The van der Waals surface area contributed by atoms with Crippen LogP contribution in [0, 0.1) is 11.8 Å². The van der Waals surface area contributed by atoms with Gasteiger partial charge in [-0.2, -0.15) is 5.10 Å². The number of para-hydroxylation sites is 1. The number of hydrogen-bond acceptors (Lipinski definition) is 2. The quantitative estimate of drug-likeness (QED) is 0.578. The second kappa shape index (κ2) is 3.30. The minimum absolute atomic E-state index is 0.379. The van der Waals surface area contributed by atoms with Crippen molar-refractivity contribution < 1.29 is 0 Å². The number of H-pyrrole nitrogens is 1. The van der Waals surface area contributed by atoms with Crippen LogP contribution in [-0.4, -0.2) is 16.7 Å². The second-order valence-electron chi connectivity index (χ2n) is 2.65. The maximum atomic E-state index is 5.30. The molecule has 0 atom stereocenters. The van der Waals surface area contributed by atoms with Gasteiger partial charge in [0.2, 0.25) is 0 Å². The molecule has 0 spiro atoms. The molecule has 0 amide bonds. The van der Waals surface area contributed by atoms with Crippen molar-refractivity contribution in [1.29, 1.82) is 0 Å². The minimum Gasteiger partial charge on any atom is -0.320 e. The third-order valence-electron chi connectivity index (χ3n) is 1.80. The Balaban J connectivity index is 2.61. The molecule has 64 valence electrons. The Morgan fingerprint density at radius 1 is 1.46 bits per heavy atom. The van der Waals surface area contributed by atoms with Crippen LogP contribution >= 0.6 is 0 Å². The molecule has 0 radical (unpaired) electrons. The molecular formula is C10H9N3. The van der Waals surface area contributed by atoms with Crippen molar-refractivity contribution in [2.45, 2.75) is 0 Å². The molecule has 13 heavy (non-hydrogen) atoms. The molecule has 3 N–H and O–H groups in total. The van der Waals surface area contributed by atoms with E-state index in [4.69, 9.17) is 5.73 Å². The Hall–Kier alpha value is -1.79. The number of aromatic amines is 1. The van der Waals surface area contributed by atoms with Gasteiger partial charge in [-0.3, -0.25) is 5.10 Å². The van der Waals surface area contributed by atoms with E-state index < -0.39 is 0 Å². The van der Waals surface area contributed by atoms with E-state index in [1.165, 1.54) is 0 Å². The maximum absolute atomic E-state index is 5.30. The molecule has 1 aromatic carbocycles. The van der Waals surface area contributed by atoms with Gasteiger partial charge in [-0.25, -0.2) is 0 Å². The fourth-order valence-electron chi connectivity index (χ4n) is 1.22. The number of hydrogen-bond donors (Lipinski definition) is 2. The SMILES string of the molecule is NCC#Cc1cccc2cn[nH]c12. The van der Waals surface area contributed by atoms with Crippen LogP contribution in [0.5, 0.6) is 0 Å². The fourth-order valence-corrected chi connectivity index (χ4v) is 1.22. The van der Waals surface area contributed by atoms with E-state index in [1.54, 1.807) is 6.20 Å². The lowest BCUT2D eigenvalue weighted by Gasteiger charge is -1.91. The lowest BCUT2D eigenvalue weighted by molar-refractivity contribution is 1.12. The molecule has 3 heteroatoms. The van der Waals surface area contributed by atoms with Crippen molar-refractivity contribution in [2.24, 2.45) is 5.73 Å². The Morgan fingerprint density at radius 2 is 2.38 bits per heavy atom. The van der Waals surface area contributed by atoms with E-state index in [2.05, 4.69) is 22.0 Å². The Morgan fingerprint density at radius 3 is 3.23 bits per heavy atom. The van der Waals surface area contributed by atoms with Crippen molar-refractivity contribution in [3.63, 3.8) is 0 Å². The van der Waals surface area contributed by atoms with Crippen molar-refractivity contribution in [2.75, 3.05) is 6.54 Å². The third-order valence-corrected chi connectivity index (χ3v) is 1.80. The highest BCUT2D eigenvalue weighted by molar-refractivity contribution is 5.83. The highest BCUT2D eigenvalue weighted by atomic mass is 15.1. The van der Waals surface area contributed by atoms with Gasteiger partial charge in [0, 0.05) is 5.39 Å². The van der Waals surface area contributed by atoms with Gasteiger partial charge in [-0.15, -0.1) is 0 Å². The third kappa shape index (κ3) is 1.40. The Bertz CT molecular complexity index is 473. The number of aromatic nitrogens is 2. The van der Waals surface area contributed by atoms with Crippen LogP contribution in [0.15, 0.2) is 24.4 Å². The average molecular weight is 171 g/mol. The molecule has 0 fully saturated rings. The first kappa shape index (κ1) is 7.84. The van der Waals surface area contributed by atoms with Crippen LogP contribution in [-0.2, 0) is 0 Å². The summed E-state index contributed by atoms with van der Waals surface area (Å²) in [5, 5.41) is 7.92. The van der Waals surface area contributed by atoms with Crippen molar-refractivity contribution in [1.82, 2.24) is 10.2 Å². The van der Waals surface area contributed by atoms with Gasteiger partial charge < -0.3 is 5.73 Å². The summed E-state index contributed by atoms with van der Waals surface area (Å²) in [4.78, 5) is 0. The minimum atomic E-state index is 0.379. The van der Waals surface area contributed by atoms with Gasteiger partial charge in [0.15, 0.2) is 0 Å². The summed E-state index contributed by atoms with van der Waals surface area (Å²) in [6.07, 6.45) is 1.78. The normalized spacial score (nSPS) is 9.62. The molecule has 0 saturated heterocycles. The molecule has 0 aliphatic rings. The van der Waals surface area contributed by atoms with Crippen LogP contribution in [0.1, 0.15) is 5.56 Å². The van der Waals surface area contributed by atoms with E-state index in [1.807, 2.05) is 18.2 Å². The van der Waals surface area contributed by atoms with Crippen LogP contribution in [0.4, 0.5) is 0 Å². The summed E-state index contributed by atoms with van der Waals surface area (Å²) in [6, 6.07) is 5.90. The summed E-state index contributed by atoms with van der Waals surface area (Å²) in [7, 11) is 0. The molecule has 2 aromatic rings. The first-order valence-corrected chi connectivity index (χ1v) is 4.03. The summed E-state index contributed by atoms with van der Waals surface area (Å²) in [6.45, 7) is 0.379. The topological polar surface area (TPSA) is 54.7 Å². The molecule has 0 saturated carbocycles. The van der Waals surface area contributed by atoms with Crippen LogP contribution in [0.3, 0.4) is 0 Å². The summed E-state index contributed by atoms with van der Waals surface area (Å²) in [5.74, 6) is 5.80. The summed E-state index contributed by atoms with van der Waals surface area (Å²) < 4.78 is 0. The number of fused-ring (bicyclic) bond motifs is 1. The van der Waals surface area contributed by atoms with Crippen LogP contribution in [0.2, 0.25) is 0 Å². The van der Waals surface area contributed by atoms with Crippen molar-refractivity contribution >= 4 is 10.9 Å². The molecule has 1 heterocycles. The van der Waals surface area contributed by atoms with E-state index in [0.717, 1.165) is 16.5 Å². The molecule has 0 aliphatic heterocycles. The Labute approximate surface area is 75.9 Å². The first-order chi connectivity index (χ1) is 6.42. The van der Waals surface area contributed by atoms with Crippen LogP contribution < -0.4 is 5.73 Å². The smallest absolute Gasteiger partial charge is 0.0806 e. The summed E-state index contributed by atoms with van der Waals surface area (Å²) >= 11 is 0. The monoisotopic (exact) mass is 171 g/mol. The van der Waals surface area contributed by atoms with E-state index >= 15 is 0 Å². The van der Waals surface area contributed by atoms with Gasteiger partial charge in [0.25, 0.3) is 0 Å². The zero-order valence-corrected chi connectivity index (χ0v) is 7.04. The predicted molar refractivity (Wildman–Crippen MR) is 52.0 cm³/mol. The summed E-state index contributed by atoms with van der Waals surface area (Å²) in [5.41, 5.74) is 7.22. The molecule has 0 unspecified atom stereocenters. The molecule has 2 rings (SSSR count). The number of nitrogens with one attached hydrogen (secondary N) is 1. The zero-order valence-electron chi connectivity index (χ0n) is 7.04. The number of nitrogens with two attached hydrogens (primary N) is 1. The second-order valence-corrected chi connectivity index (χ2v) is 2.65. The fraction of sp³-hybridized carbons (Fsp3) is 0.100. The lowest BCUT2D eigenvalue weighted by Crippen LogP contribution is -1.93. The van der Waals surface area contributed by atoms with Crippen LogP contribution in [0.25, 0.3) is 10.9 Å². The van der Waals surface area contributed by atoms with E-state index in [0.29, 0.717) is 6.54 Å². The molecule has 3 nitrogen and oxygen atoms in total. The van der Waals surface area contributed by atoms with Gasteiger partial charge in [0.1, 0.15) is 0 Å². The highest BCUT2D eigenvalue weighted by Gasteiger charge is 1.97. The molecule has 0 aliphatic carbocycles. The largest absolute Gasteiger partial charge is 0.320 e. The van der Waals surface area contributed by atoms with Gasteiger partial charge in [-0.05, 0) is 6.07 Å². The van der Waals surface area contributed by atoms with E-state index in [9.17, 15) is 0 Å². The van der Waals surface area contributed by atoms with Gasteiger partial charge >= 0.3 is 0 Å². The molecule has 1 aromatic heterocycles. The van der Waals surface area contributed by atoms with E-state index in [-0.39, 0.29) is 0 Å². The zero-order chi connectivity index (χ0) is 9.10. The lowest BCUT2D eigenvalue weighted by atomic mass is 10.1. The highest BCUT2D eigenvalue weighted by Crippen LogP contribution is 2.13. The van der Waals surface area contributed by atoms with Gasteiger partial charge in [0.05, 0.1) is 23.8 Å². The average Bonchev–Trinajstić information content (AvgIpc) is 2.62.